The monoisotopic (exact) mass is 471 g/mol. The molecule has 1 N–H and O–H groups in total. The lowest BCUT2D eigenvalue weighted by molar-refractivity contribution is 0.462. The van der Waals surface area contributed by atoms with Crippen LogP contribution in [0.3, 0.4) is 0 Å². The van der Waals surface area contributed by atoms with E-state index in [2.05, 4.69) is 21.3 Å². The second-order valence-electron chi connectivity index (χ2n) is 5.60. The Balaban J connectivity index is 0.00000312. The van der Waals surface area contributed by atoms with Crippen LogP contribution in [0.4, 0.5) is 0 Å². The normalized spacial score (nSPS) is 10.8. The van der Waals surface area contributed by atoms with Gasteiger partial charge in [0.1, 0.15) is 0 Å². The van der Waals surface area contributed by atoms with Crippen LogP contribution in [0.25, 0.3) is 0 Å². The van der Waals surface area contributed by atoms with Gasteiger partial charge in [0.05, 0.1) is 29.7 Å². The van der Waals surface area contributed by atoms with Gasteiger partial charge in [0.15, 0.2) is 5.96 Å². The summed E-state index contributed by atoms with van der Waals surface area (Å²) in [6.07, 6.45) is 1.89. The topological polar surface area (TPSA) is 56.4 Å². The summed E-state index contributed by atoms with van der Waals surface area (Å²) in [4.78, 5) is 6.75. The molecule has 7 heteroatoms. The van der Waals surface area contributed by atoms with Crippen molar-refractivity contribution in [2.24, 2.45) is 12.0 Å². The minimum absolute atomic E-state index is 0. The van der Waals surface area contributed by atoms with E-state index in [9.17, 15) is 0 Å². The number of nitriles is 1. The van der Waals surface area contributed by atoms with E-state index in [1.54, 1.807) is 0 Å². The van der Waals surface area contributed by atoms with Gasteiger partial charge in [-0.1, -0.05) is 23.7 Å². The van der Waals surface area contributed by atoms with Gasteiger partial charge in [0, 0.05) is 32.5 Å². The number of nitrogens with zero attached hydrogens (tertiary/aromatic N) is 4. The zero-order chi connectivity index (χ0) is 17.5. The number of benzene rings is 1. The third-order valence-corrected chi connectivity index (χ3v) is 3.87. The number of aliphatic imine (C=N–C) groups is 1. The third-order valence-electron chi connectivity index (χ3n) is 3.66. The highest BCUT2D eigenvalue weighted by atomic mass is 127. The number of halogens is 2. The van der Waals surface area contributed by atoms with Gasteiger partial charge in [-0.25, -0.2) is 4.99 Å². The van der Waals surface area contributed by atoms with Crippen molar-refractivity contribution in [3.05, 3.63) is 58.4 Å². The first kappa shape index (κ1) is 21.3. The maximum atomic E-state index is 8.85. The van der Waals surface area contributed by atoms with Crippen molar-refractivity contribution < 1.29 is 0 Å². The van der Waals surface area contributed by atoms with Gasteiger partial charge in [0.25, 0.3) is 0 Å². The molecule has 0 amide bonds. The van der Waals surface area contributed by atoms with Gasteiger partial charge in [-0.2, -0.15) is 5.26 Å². The molecule has 2 rings (SSSR count). The van der Waals surface area contributed by atoms with E-state index in [1.807, 2.05) is 62.1 Å². The fourth-order valence-electron chi connectivity index (χ4n) is 2.36. The molecule has 0 unspecified atom stereocenters. The first-order valence-electron chi connectivity index (χ1n) is 7.82. The highest BCUT2D eigenvalue weighted by molar-refractivity contribution is 14.0. The SMILES string of the molecule is CCNC(=NCc1ccc(C#N)cc1)N(C)Cc1cc(Cl)cn1C.I. The highest BCUT2D eigenvalue weighted by Crippen LogP contribution is 2.14. The van der Waals surface area contributed by atoms with Crippen LogP contribution in [-0.2, 0) is 20.1 Å². The first-order valence-corrected chi connectivity index (χ1v) is 8.20. The Hall–Kier alpha value is -1.72. The fraction of sp³-hybridized carbons (Fsp3) is 0.333. The van der Waals surface area contributed by atoms with E-state index in [4.69, 9.17) is 16.9 Å². The standard InChI is InChI=1S/C18H22ClN5.HI/c1-4-21-18(22-11-15-7-5-14(10-20)6-8-15)24(3)13-17-9-16(19)12-23(17)2;/h5-9,12H,4,11,13H2,1-3H3,(H,21,22);1H. The summed E-state index contributed by atoms with van der Waals surface area (Å²) < 4.78 is 2.02. The number of hydrogen-bond donors (Lipinski definition) is 1. The summed E-state index contributed by atoms with van der Waals surface area (Å²) >= 11 is 6.05. The second kappa shape index (κ2) is 10.3. The number of rotatable bonds is 5. The average molecular weight is 472 g/mol. The Morgan fingerprint density at radius 2 is 2.04 bits per heavy atom. The van der Waals surface area contributed by atoms with Crippen LogP contribution in [0.5, 0.6) is 0 Å². The van der Waals surface area contributed by atoms with Gasteiger partial charge in [-0.15, -0.1) is 24.0 Å². The van der Waals surface area contributed by atoms with Crippen LogP contribution in [0, 0.1) is 11.3 Å². The van der Waals surface area contributed by atoms with Crippen LogP contribution in [0.2, 0.25) is 5.02 Å². The summed E-state index contributed by atoms with van der Waals surface area (Å²) in [6.45, 7) is 4.11. The number of aryl methyl sites for hydroxylation is 1. The molecule has 0 aliphatic rings. The molecular formula is C18H23ClIN5. The summed E-state index contributed by atoms with van der Waals surface area (Å²) in [5.41, 5.74) is 2.85. The summed E-state index contributed by atoms with van der Waals surface area (Å²) in [7, 11) is 3.98. The lowest BCUT2D eigenvalue weighted by atomic mass is 10.1. The van der Waals surface area contributed by atoms with E-state index in [1.165, 1.54) is 0 Å². The molecule has 0 fully saturated rings. The number of aromatic nitrogens is 1. The predicted molar refractivity (Wildman–Crippen MR) is 113 cm³/mol. The van der Waals surface area contributed by atoms with Crippen molar-refractivity contribution in [1.82, 2.24) is 14.8 Å². The first-order chi connectivity index (χ1) is 11.5. The molecule has 0 aliphatic carbocycles. The average Bonchev–Trinajstić information content (AvgIpc) is 2.89. The maximum Gasteiger partial charge on any atom is 0.194 e. The third kappa shape index (κ3) is 6.25. The molecule has 0 aliphatic heterocycles. The minimum Gasteiger partial charge on any atom is -0.357 e. The Kier molecular flexibility index (Phi) is 8.79. The molecule has 1 aromatic carbocycles. The molecule has 1 aromatic heterocycles. The van der Waals surface area contributed by atoms with Gasteiger partial charge in [-0.3, -0.25) is 0 Å². The largest absolute Gasteiger partial charge is 0.357 e. The van der Waals surface area contributed by atoms with Crippen LogP contribution in [0.15, 0.2) is 41.5 Å². The van der Waals surface area contributed by atoms with E-state index in [-0.39, 0.29) is 24.0 Å². The lowest BCUT2D eigenvalue weighted by Gasteiger charge is -2.22. The molecule has 1 heterocycles. The molecule has 0 saturated carbocycles. The zero-order valence-corrected chi connectivity index (χ0v) is 17.7. The molecule has 5 nitrogen and oxygen atoms in total. The van der Waals surface area contributed by atoms with E-state index < -0.39 is 0 Å². The van der Waals surface area contributed by atoms with Crippen LogP contribution in [-0.4, -0.2) is 29.0 Å². The maximum absolute atomic E-state index is 8.85. The molecule has 2 aromatic rings. The van der Waals surface area contributed by atoms with Crippen molar-refractivity contribution in [1.29, 1.82) is 5.26 Å². The second-order valence-corrected chi connectivity index (χ2v) is 6.03. The molecular weight excluding hydrogens is 449 g/mol. The molecule has 0 saturated heterocycles. The van der Waals surface area contributed by atoms with Gasteiger partial charge in [-0.05, 0) is 30.7 Å². The molecule has 0 bridgehead atoms. The quantitative estimate of drug-likeness (QED) is 0.410. The fourth-order valence-corrected chi connectivity index (χ4v) is 2.63. The van der Waals surface area contributed by atoms with Crippen molar-refractivity contribution in [2.75, 3.05) is 13.6 Å². The van der Waals surface area contributed by atoms with Crippen molar-refractivity contribution in [3.63, 3.8) is 0 Å². The number of hydrogen-bond acceptors (Lipinski definition) is 2. The Labute approximate surface area is 171 Å². The van der Waals surface area contributed by atoms with Crippen molar-refractivity contribution >= 4 is 41.5 Å². The Bertz CT molecular complexity index is 746. The predicted octanol–water partition coefficient (Wildman–Crippen LogP) is 3.77. The smallest absolute Gasteiger partial charge is 0.194 e. The Morgan fingerprint density at radius 1 is 1.36 bits per heavy atom. The lowest BCUT2D eigenvalue weighted by Crippen LogP contribution is -2.38. The van der Waals surface area contributed by atoms with Crippen molar-refractivity contribution in [2.45, 2.75) is 20.0 Å². The molecule has 0 radical (unpaired) electrons. The molecule has 25 heavy (non-hydrogen) atoms. The van der Waals surface area contributed by atoms with E-state index >= 15 is 0 Å². The van der Waals surface area contributed by atoms with Crippen LogP contribution >= 0.6 is 35.6 Å². The molecule has 0 spiro atoms. The van der Waals surface area contributed by atoms with Gasteiger partial charge < -0.3 is 14.8 Å². The minimum atomic E-state index is 0. The van der Waals surface area contributed by atoms with Crippen LogP contribution < -0.4 is 5.32 Å². The van der Waals surface area contributed by atoms with E-state index in [0.717, 1.165) is 28.8 Å². The van der Waals surface area contributed by atoms with Gasteiger partial charge in [0.2, 0.25) is 0 Å². The molecule has 134 valence electrons. The number of nitrogens with one attached hydrogen (secondary N) is 1. The van der Waals surface area contributed by atoms with Crippen LogP contribution in [0.1, 0.15) is 23.7 Å². The Morgan fingerprint density at radius 3 is 2.56 bits per heavy atom. The summed E-state index contributed by atoms with van der Waals surface area (Å²) in [6, 6.07) is 11.6. The summed E-state index contributed by atoms with van der Waals surface area (Å²) in [5.74, 6) is 0.833. The summed E-state index contributed by atoms with van der Waals surface area (Å²) in [5, 5.41) is 12.9. The van der Waals surface area contributed by atoms with E-state index in [0.29, 0.717) is 18.7 Å². The van der Waals surface area contributed by atoms with Crippen molar-refractivity contribution in [3.8, 4) is 6.07 Å². The highest BCUT2D eigenvalue weighted by Gasteiger charge is 2.09. The zero-order valence-electron chi connectivity index (χ0n) is 14.7. The number of guanidine groups is 1. The van der Waals surface area contributed by atoms with Gasteiger partial charge >= 0.3 is 0 Å². The molecule has 0 atom stereocenters.